The fraction of sp³-hybridized carbons (Fsp3) is 0.529. The molecule has 1 aromatic carbocycles. The van der Waals surface area contributed by atoms with Crippen LogP contribution < -0.4 is 10.6 Å². The highest BCUT2D eigenvalue weighted by atomic mass is 16.2. The van der Waals surface area contributed by atoms with E-state index >= 15 is 0 Å². The van der Waals surface area contributed by atoms with Crippen LogP contribution in [-0.2, 0) is 16.1 Å². The van der Waals surface area contributed by atoms with Crippen LogP contribution in [0.1, 0.15) is 31.7 Å². The predicted molar refractivity (Wildman–Crippen MR) is 86.2 cm³/mol. The van der Waals surface area contributed by atoms with Crippen LogP contribution in [0.5, 0.6) is 0 Å². The summed E-state index contributed by atoms with van der Waals surface area (Å²) in [6.45, 7) is 4.10. The summed E-state index contributed by atoms with van der Waals surface area (Å²) in [5.74, 6) is -0.112. The monoisotopic (exact) mass is 303 g/mol. The molecule has 5 nitrogen and oxygen atoms in total. The van der Waals surface area contributed by atoms with E-state index in [0.717, 1.165) is 31.4 Å². The number of nitrogens with one attached hydrogen (secondary N) is 2. The molecule has 1 aliphatic heterocycles. The van der Waals surface area contributed by atoms with Crippen LogP contribution in [0, 0.1) is 0 Å². The number of hydrogen-bond donors (Lipinski definition) is 2. The van der Waals surface area contributed by atoms with Crippen LogP contribution in [0.4, 0.5) is 0 Å². The van der Waals surface area contributed by atoms with Crippen LogP contribution in [0.25, 0.3) is 0 Å². The second kappa shape index (κ2) is 8.54. The normalized spacial score (nSPS) is 17.8. The Kier molecular flexibility index (Phi) is 6.40. The Labute approximate surface area is 132 Å². The molecule has 1 aromatic rings. The van der Waals surface area contributed by atoms with Crippen LogP contribution in [-0.4, -0.2) is 42.4 Å². The average Bonchev–Trinajstić information content (AvgIpc) is 2.59. The van der Waals surface area contributed by atoms with Crippen molar-refractivity contribution in [2.24, 2.45) is 0 Å². The van der Waals surface area contributed by atoms with Crippen LogP contribution in [0.3, 0.4) is 0 Å². The molecule has 1 saturated heterocycles. The number of nitrogens with zero attached hydrogens (tertiary/aromatic N) is 1. The van der Waals surface area contributed by atoms with E-state index in [2.05, 4.69) is 10.6 Å². The Bertz CT molecular complexity index is 484. The summed E-state index contributed by atoms with van der Waals surface area (Å²) in [5.41, 5.74) is 1.10. The van der Waals surface area contributed by atoms with Crippen molar-refractivity contribution in [1.82, 2.24) is 15.5 Å². The number of benzene rings is 1. The van der Waals surface area contributed by atoms with E-state index in [0.29, 0.717) is 13.1 Å². The number of carbonyl (C=O) groups excluding carboxylic acids is 2. The summed E-state index contributed by atoms with van der Waals surface area (Å²) in [6, 6.07) is 9.74. The van der Waals surface area contributed by atoms with E-state index in [1.165, 1.54) is 0 Å². The second-order valence-corrected chi connectivity index (χ2v) is 5.61. The molecule has 2 amide bonds. The van der Waals surface area contributed by atoms with Crippen molar-refractivity contribution in [2.45, 2.75) is 38.8 Å². The summed E-state index contributed by atoms with van der Waals surface area (Å²) in [5, 5.41) is 5.95. The fourth-order valence-corrected chi connectivity index (χ4v) is 2.65. The Balaban J connectivity index is 1.80. The van der Waals surface area contributed by atoms with Gasteiger partial charge in [0.25, 0.3) is 0 Å². The minimum absolute atomic E-state index is 0.0458. The molecule has 2 rings (SSSR count). The van der Waals surface area contributed by atoms with Gasteiger partial charge in [-0.15, -0.1) is 0 Å². The molecule has 0 bridgehead atoms. The van der Waals surface area contributed by atoms with Gasteiger partial charge in [-0.1, -0.05) is 36.8 Å². The van der Waals surface area contributed by atoms with Crippen molar-refractivity contribution in [3.63, 3.8) is 0 Å². The Morgan fingerprint density at radius 2 is 2.05 bits per heavy atom. The summed E-state index contributed by atoms with van der Waals surface area (Å²) in [4.78, 5) is 26.0. The molecule has 0 radical (unpaired) electrons. The first-order chi connectivity index (χ1) is 10.7. The van der Waals surface area contributed by atoms with E-state index in [1.807, 2.05) is 37.3 Å². The molecule has 0 spiro atoms. The van der Waals surface area contributed by atoms with Crippen molar-refractivity contribution in [2.75, 3.05) is 19.6 Å². The second-order valence-electron chi connectivity index (χ2n) is 5.61. The first-order valence-electron chi connectivity index (χ1n) is 8.03. The Morgan fingerprint density at radius 3 is 2.68 bits per heavy atom. The molecule has 1 unspecified atom stereocenters. The van der Waals surface area contributed by atoms with Gasteiger partial charge in [0.2, 0.25) is 11.8 Å². The minimum atomic E-state index is -0.147. The zero-order valence-corrected chi connectivity index (χ0v) is 13.2. The number of piperidine rings is 1. The highest BCUT2D eigenvalue weighted by Crippen LogP contribution is 2.07. The van der Waals surface area contributed by atoms with Crippen molar-refractivity contribution in [3.05, 3.63) is 35.9 Å². The maximum Gasteiger partial charge on any atom is 0.242 e. The summed E-state index contributed by atoms with van der Waals surface area (Å²) >= 11 is 0. The van der Waals surface area contributed by atoms with E-state index in [1.54, 1.807) is 4.90 Å². The van der Waals surface area contributed by atoms with E-state index in [4.69, 9.17) is 0 Å². The summed E-state index contributed by atoms with van der Waals surface area (Å²) in [7, 11) is 0. The molecule has 1 fully saturated rings. The molecular formula is C17H25N3O2. The van der Waals surface area contributed by atoms with Gasteiger partial charge in [0, 0.05) is 13.1 Å². The summed E-state index contributed by atoms with van der Waals surface area (Å²) in [6.07, 6.45) is 3.03. The van der Waals surface area contributed by atoms with Crippen molar-refractivity contribution < 1.29 is 9.59 Å². The number of rotatable bonds is 6. The number of carbonyl (C=O) groups is 2. The zero-order valence-electron chi connectivity index (χ0n) is 13.2. The first kappa shape index (κ1) is 16.5. The van der Waals surface area contributed by atoms with Gasteiger partial charge in [-0.25, -0.2) is 0 Å². The third-order valence-electron chi connectivity index (χ3n) is 3.99. The van der Waals surface area contributed by atoms with Crippen LogP contribution in [0.15, 0.2) is 30.3 Å². The quantitative estimate of drug-likeness (QED) is 0.832. The van der Waals surface area contributed by atoms with Gasteiger partial charge in [-0.3, -0.25) is 9.59 Å². The summed E-state index contributed by atoms with van der Waals surface area (Å²) < 4.78 is 0. The zero-order chi connectivity index (χ0) is 15.8. The smallest absolute Gasteiger partial charge is 0.242 e. The fourth-order valence-electron chi connectivity index (χ4n) is 2.65. The van der Waals surface area contributed by atoms with E-state index in [9.17, 15) is 9.59 Å². The third kappa shape index (κ3) is 4.84. The van der Waals surface area contributed by atoms with Gasteiger partial charge in [-0.05, 0) is 31.9 Å². The standard InChI is InChI=1S/C17H25N3O2/c1-2-20(13-14-8-4-3-5-9-14)16(21)12-19-17(22)15-10-6-7-11-18-15/h3-5,8-9,15,18H,2,6-7,10-13H2,1H3,(H,19,22). The first-order valence-corrected chi connectivity index (χ1v) is 8.03. The lowest BCUT2D eigenvalue weighted by Crippen LogP contribution is -2.49. The van der Waals surface area contributed by atoms with Crippen LogP contribution in [0.2, 0.25) is 0 Å². The molecular weight excluding hydrogens is 278 g/mol. The van der Waals surface area contributed by atoms with Crippen molar-refractivity contribution >= 4 is 11.8 Å². The lowest BCUT2D eigenvalue weighted by molar-refractivity contribution is -0.133. The lowest BCUT2D eigenvalue weighted by atomic mass is 10.0. The van der Waals surface area contributed by atoms with Crippen molar-refractivity contribution in [3.8, 4) is 0 Å². The number of amides is 2. The van der Waals surface area contributed by atoms with Crippen molar-refractivity contribution in [1.29, 1.82) is 0 Å². The lowest BCUT2D eigenvalue weighted by Gasteiger charge is -2.24. The highest BCUT2D eigenvalue weighted by molar-refractivity contribution is 5.87. The van der Waals surface area contributed by atoms with Gasteiger partial charge in [-0.2, -0.15) is 0 Å². The molecule has 1 aliphatic rings. The maximum atomic E-state index is 12.3. The van der Waals surface area contributed by atoms with Crippen LogP contribution >= 0.6 is 0 Å². The van der Waals surface area contributed by atoms with Gasteiger partial charge >= 0.3 is 0 Å². The minimum Gasteiger partial charge on any atom is -0.346 e. The molecule has 1 atom stereocenters. The Morgan fingerprint density at radius 1 is 1.27 bits per heavy atom. The Hall–Kier alpha value is -1.88. The van der Waals surface area contributed by atoms with E-state index < -0.39 is 0 Å². The molecule has 0 saturated carbocycles. The SMILES string of the molecule is CCN(Cc1ccccc1)C(=O)CNC(=O)C1CCCCN1. The molecule has 2 N–H and O–H groups in total. The number of likely N-dealkylation sites (N-methyl/N-ethyl adjacent to an activating group) is 1. The van der Waals surface area contributed by atoms with Gasteiger partial charge < -0.3 is 15.5 Å². The topological polar surface area (TPSA) is 61.4 Å². The number of hydrogen-bond acceptors (Lipinski definition) is 3. The van der Waals surface area contributed by atoms with Gasteiger partial charge in [0.05, 0.1) is 12.6 Å². The molecule has 5 heteroatoms. The largest absolute Gasteiger partial charge is 0.346 e. The molecule has 22 heavy (non-hydrogen) atoms. The molecule has 120 valence electrons. The van der Waals surface area contributed by atoms with Gasteiger partial charge in [0.15, 0.2) is 0 Å². The van der Waals surface area contributed by atoms with Gasteiger partial charge in [0.1, 0.15) is 0 Å². The molecule has 0 aromatic heterocycles. The van der Waals surface area contributed by atoms with E-state index in [-0.39, 0.29) is 24.4 Å². The maximum absolute atomic E-state index is 12.3. The third-order valence-corrected chi connectivity index (χ3v) is 3.99. The average molecular weight is 303 g/mol. The highest BCUT2D eigenvalue weighted by Gasteiger charge is 2.21. The molecule has 0 aliphatic carbocycles. The molecule has 1 heterocycles. The predicted octanol–water partition coefficient (Wildman–Crippen LogP) is 1.29.